The number of halogens is 2. The third-order valence-electron chi connectivity index (χ3n) is 7.88. The van der Waals surface area contributed by atoms with Crippen molar-refractivity contribution in [2.24, 2.45) is 14.1 Å². The van der Waals surface area contributed by atoms with Crippen molar-refractivity contribution in [3.8, 4) is 22.3 Å². The lowest BCUT2D eigenvalue weighted by Gasteiger charge is -2.34. The number of carbonyl (C=O) groups excluding carboxylic acids is 1. The van der Waals surface area contributed by atoms with Crippen molar-refractivity contribution in [1.82, 2.24) is 24.6 Å². The van der Waals surface area contributed by atoms with Gasteiger partial charge in [0.05, 0.1) is 12.7 Å². The number of urea groups is 1. The van der Waals surface area contributed by atoms with Gasteiger partial charge in [0.2, 0.25) is 0 Å². The molecule has 2 aliphatic heterocycles. The van der Waals surface area contributed by atoms with Crippen LogP contribution in [-0.2, 0) is 33.6 Å². The third kappa shape index (κ3) is 4.43. The Morgan fingerprint density at radius 2 is 1.82 bits per heavy atom. The zero-order valence-electron chi connectivity index (χ0n) is 22.6. The zero-order valence-corrected chi connectivity index (χ0v) is 22.6. The van der Waals surface area contributed by atoms with Crippen LogP contribution in [-0.4, -0.2) is 38.9 Å². The number of amides is 2. The van der Waals surface area contributed by atoms with Gasteiger partial charge in [-0.25, -0.2) is 13.6 Å². The van der Waals surface area contributed by atoms with E-state index in [4.69, 9.17) is 0 Å². The van der Waals surface area contributed by atoms with Crippen LogP contribution >= 0.6 is 0 Å². The topological polar surface area (TPSA) is 75.4 Å². The average Bonchev–Trinajstić information content (AvgIpc) is 3.58. The number of rotatable bonds is 4. The fourth-order valence-electron chi connectivity index (χ4n) is 5.82. The molecule has 4 heterocycles. The first kappa shape index (κ1) is 25.8. The highest BCUT2D eigenvalue weighted by atomic mass is 19.3. The van der Waals surface area contributed by atoms with Crippen LogP contribution in [0.2, 0.25) is 0 Å². The van der Waals surface area contributed by atoms with Crippen molar-refractivity contribution >= 4 is 17.4 Å². The molecule has 0 spiro atoms. The first-order chi connectivity index (χ1) is 19.2. The second-order valence-electron chi connectivity index (χ2n) is 10.4. The molecule has 1 N–H and O–H groups in total. The lowest BCUT2D eigenvalue weighted by Crippen LogP contribution is -2.34. The Morgan fingerprint density at radius 3 is 2.52 bits per heavy atom. The minimum Gasteiger partial charge on any atom is -0.341 e. The van der Waals surface area contributed by atoms with Crippen LogP contribution in [0.25, 0.3) is 22.3 Å². The van der Waals surface area contributed by atoms with E-state index in [1.165, 1.54) is 4.57 Å². The third-order valence-corrected chi connectivity index (χ3v) is 7.88. The van der Waals surface area contributed by atoms with Gasteiger partial charge in [0, 0.05) is 80.8 Å². The first-order valence-corrected chi connectivity index (χ1v) is 13.2. The monoisotopic (exact) mass is 544 g/mol. The number of hydrogen-bond acceptors (Lipinski definition) is 4. The van der Waals surface area contributed by atoms with Gasteiger partial charge < -0.3 is 19.7 Å². The van der Waals surface area contributed by atoms with E-state index >= 15 is 0 Å². The van der Waals surface area contributed by atoms with E-state index in [-0.39, 0.29) is 17.2 Å². The average molecular weight is 545 g/mol. The standard InChI is InChI=1S/C30H30F2N6O2/c1-33-30(40)37-16-21-9-20(18-6-8-35(2)28(39)12-18)11-27(25(21)17-37)38-7-4-5-19-10-23(22-14-34-36(3)15-22)24(29(31)32)13-26(19)38/h6,8-15,29H,4-5,7,16-17H2,1-3H3,(H,33,40). The molecule has 8 nitrogen and oxygen atoms in total. The van der Waals surface area contributed by atoms with Crippen LogP contribution in [0.5, 0.6) is 0 Å². The summed E-state index contributed by atoms with van der Waals surface area (Å²) in [6, 6.07) is 10.8. The predicted octanol–water partition coefficient (Wildman–Crippen LogP) is 5.13. The Morgan fingerprint density at radius 1 is 1.00 bits per heavy atom. The van der Waals surface area contributed by atoms with Gasteiger partial charge in [0.1, 0.15) is 0 Å². The molecule has 2 amide bonds. The summed E-state index contributed by atoms with van der Waals surface area (Å²) in [7, 11) is 5.07. The molecule has 2 aliphatic rings. The van der Waals surface area contributed by atoms with E-state index in [1.54, 1.807) is 61.4 Å². The minimum absolute atomic E-state index is 0.0370. The second-order valence-corrected chi connectivity index (χ2v) is 10.4. The molecule has 6 rings (SSSR count). The van der Waals surface area contributed by atoms with Gasteiger partial charge in [-0.3, -0.25) is 9.48 Å². The number of fused-ring (bicyclic) bond motifs is 2. The Bertz CT molecular complexity index is 1690. The smallest absolute Gasteiger partial charge is 0.317 e. The number of benzene rings is 2. The number of anilines is 2. The highest BCUT2D eigenvalue weighted by Crippen LogP contribution is 2.45. The number of carbonyl (C=O) groups is 1. The van der Waals surface area contributed by atoms with Crippen molar-refractivity contribution in [2.45, 2.75) is 32.4 Å². The number of nitrogens with one attached hydrogen (secondary N) is 1. The summed E-state index contributed by atoms with van der Waals surface area (Å²) in [5.74, 6) is 0. The first-order valence-electron chi connectivity index (χ1n) is 13.2. The molecule has 2 aromatic carbocycles. The molecule has 0 radical (unpaired) electrons. The van der Waals surface area contributed by atoms with Crippen LogP contribution in [0.3, 0.4) is 0 Å². The molecule has 0 saturated heterocycles. The molecule has 4 aromatic rings. The molecule has 0 saturated carbocycles. The van der Waals surface area contributed by atoms with Crippen LogP contribution in [0.1, 0.15) is 35.1 Å². The Balaban J connectivity index is 1.52. The van der Waals surface area contributed by atoms with Crippen LogP contribution in [0, 0.1) is 0 Å². The Kier molecular flexibility index (Phi) is 6.40. The fraction of sp³-hybridized carbons (Fsp3) is 0.300. The van der Waals surface area contributed by atoms with Crippen molar-refractivity contribution in [3.05, 3.63) is 87.6 Å². The molecular formula is C30H30F2N6O2. The molecule has 2 aromatic heterocycles. The summed E-state index contributed by atoms with van der Waals surface area (Å²) in [5.41, 5.74) is 7.17. The van der Waals surface area contributed by atoms with Crippen LogP contribution in [0.4, 0.5) is 25.0 Å². The van der Waals surface area contributed by atoms with Crippen LogP contribution in [0.15, 0.2) is 59.8 Å². The molecule has 0 bridgehead atoms. The molecule has 0 atom stereocenters. The van der Waals surface area contributed by atoms with Crippen molar-refractivity contribution in [1.29, 1.82) is 0 Å². The van der Waals surface area contributed by atoms with E-state index in [0.29, 0.717) is 30.8 Å². The molecule has 0 aliphatic carbocycles. The van der Waals surface area contributed by atoms with Gasteiger partial charge in [-0.1, -0.05) is 0 Å². The lowest BCUT2D eigenvalue weighted by molar-refractivity contribution is 0.152. The maximum absolute atomic E-state index is 14.4. The van der Waals surface area contributed by atoms with Gasteiger partial charge in [-0.05, 0) is 71.0 Å². The predicted molar refractivity (Wildman–Crippen MR) is 150 cm³/mol. The van der Waals surface area contributed by atoms with E-state index in [9.17, 15) is 18.4 Å². The molecular weight excluding hydrogens is 514 g/mol. The molecule has 206 valence electrons. The minimum atomic E-state index is -2.66. The van der Waals surface area contributed by atoms with E-state index < -0.39 is 6.43 Å². The van der Waals surface area contributed by atoms with Gasteiger partial charge in [-0.2, -0.15) is 5.10 Å². The number of aryl methyl sites for hydroxylation is 3. The summed E-state index contributed by atoms with van der Waals surface area (Å²) in [6.07, 6.45) is 4.04. The molecule has 10 heteroatoms. The lowest BCUT2D eigenvalue weighted by atomic mass is 9.91. The summed E-state index contributed by atoms with van der Waals surface area (Å²) in [4.78, 5) is 28.8. The Labute approximate surface area is 230 Å². The number of hydrogen-bond donors (Lipinski definition) is 1. The fourth-order valence-corrected chi connectivity index (χ4v) is 5.82. The zero-order chi connectivity index (χ0) is 28.1. The quantitative estimate of drug-likeness (QED) is 0.387. The van der Waals surface area contributed by atoms with Gasteiger partial charge in [0.15, 0.2) is 0 Å². The van der Waals surface area contributed by atoms with Gasteiger partial charge >= 0.3 is 6.03 Å². The molecule has 0 unspecified atom stereocenters. The van der Waals surface area contributed by atoms with E-state index in [2.05, 4.69) is 15.3 Å². The summed E-state index contributed by atoms with van der Waals surface area (Å²) in [5, 5.41) is 6.89. The number of alkyl halides is 2. The van der Waals surface area contributed by atoms with Crippen molar-refractivity contribution < 1.29 is 13.6 Å². The van der Waals surface area contributed by atoms with Crippen molar-refractivity contribution in [3.63, 3.8) is 0 Å². The van der Waals surface area contributed by atoms with Crippen molar-refractivity contribution in [2.75, 3.05) is 18.5 Å². The largest absolute Gasteiger partial charge is 0.341 e. The normalized spacial score (nSPS) is 14.4. The highest BCUT2D eigenvalue weighted by Gasteiger charge is 2.31. The number of aromatic nitrogens is 3. The van der Waals surface area contributed by atoms with E-state index in [1.807, 2.05) is 24.3 Å². The molecule has 0 fully saturated rings. The maximum Gasteiger partial charge on any atom is 0.317 e. The van der Waals surface area contributed by atoms with Gasteiger partial charge in [0.25, 0.3) is 12.0 Å². The second kappa shape index (κ2) is 9.93. The van der Waals surface area contributed by atoms with E-state index in [0.717, 1.165) is 52.0 Å². The summed E-state index contributed by atoms with van der Waals surface area (Å²) in [6.45, 7) is 1.47. The van der Waals surface area contributed by atoms with Crippen LogP contribution < -0.4 is 15.8 Å². The molecule has 40 heavy (non-hydrogen) atoms. The SMILES string of the molecule is CNC(=O)N1Cc2cc(-c3ccn(C)c(=O)c3)cc(N3CCCc4cc(-c5cnn(C)c5)c(C(F)F)cc43)c2C1. The number of nitrogens with zero attached hydrogens (tertiary/aromatic N) is 5. The van der Waals surface area contributed by atoms with Gasteiger partial charge in [-0.15, -0.1) is 0 Å². The number of pyridine rings is 1. The summed E-state index contributed by atoms with van der Waals surface area (Å²) < 4.78 is 32.0. The highest BCUT2D eigenvalue weighted by molar-refractivity contribution is 5.82. The maximum atomic E-state index is 14.4. The Hall–Kier alpha value is -4.47. The summed E-state index contributed by atoms with van der Waals surface area (Å²) >= 11 is 0.